The van der Waals surface area contributed by atoms with Crippen LogP contribution in [0.3, 0.4) is 0 Å². The van der Waals surface area contributed by atoms with Gasteiger partial charge in [0, 0.05) is 6.04 Å². The molecule has 1 atom stereocenters. The number of nitrogens with one attached hydrogen (secondary N) is 1. The van der Waals surface area contributed by atoms with Crippen molar-refractivity contribution in [1.82, 2.24) is 5.32 Å². The maximum Gasteiger partial charge on any atom is 0.00954 e. The SMILES string of the molecule is CCCNC(CCCc1ccc(C(C)(C)C)cc1)C1CC1. The molecule has 1 nitrogen and oxygen atoms in total. The van der Waals surface area contributed by atoms with Gasteiger partial charge in [0.2, 0.25) is 0 Å². The molecular formula is C20H33N. The minimum Gasteiger partial charge on any atom is -0.314 e. The molecule has 1 fully saturated rings. The van der Waals surface area contributed by atoms with Crippen molar-refractivity contribution in [3.63, 3.8) is 0 Å². The van der Waals surface area contributed by atoms with Crippen LogP contribution in [0.1, 0.15) is 70.9 Å². The highest BCUT2D eigenvalue weighted by atomic mass is 14.9. The summed E-state index contributed by atoms with van der Waals surface area (Å²) in [5.74, 6) is 0.972. The van der Waals surface area contributed by atoms with Gasteiger partial charge in [-0.25, -0.2) is 0 Å². The highest BCUT2D eigenvalue weighted by molar-refractivity contribution is 5.27. The molecule has 1 aromatic rings. The highest BCUT2D eigenvalue weighted by Gasteiger charge is 2.29. The number of benzene rings is 1. The second kappa shape index (κ2) is 7.45. The van der Waals surface area contributed by atoms with Crippen molar-refractivity contribution < 1.29 is 0 Å². The van der Waals surface area contributed by atoms with E-state index in [1.165, 1.54) is 56.2 Å². The van der Waals surface area contributed by atoms with Gasteiger partial charge in [0.25, 0.3) is 0 Å². The van der Waals surface area contributed by atoms with E-state index in [0.29, 0.717) is 0 Å². The summed E-state index contributed by atoms with van der Waals surface area (Å²) in [5, 5.41) is 3.75. The minimum absolute atomic E-state index is 0.264. The Bertz CT molecular complexity index is 408. The fourth-order valence-electron chi connectivity index (χ4n) is 3.03. The standard InChI is InChI=1S/C20H33N/c1-5-15-21-19(17-11-12-17)8-6-7-16-9-13-18(14-10-16)20(2,3)4/h9-10,13-14,17,19,21H,5-8,11-12,15H2,1-4H3. The van der Waals surface area contributed by atoms with E-state index in [9.17, 15) is 0 Å². The van der Waals surface area contributed by atoms with Crippen molar-refractivity contribution in [2.24, 2.45) is 5.92 Å². The molecule has 0 saturated heterocycles. The van der Waals surface area contributed by atoms with Gasteiger partial charge in [-0.2, -0.15) is 0 Å². The van der Waals surface area contributed by atoms with Crippen LogP contribution >= 0.6 is 0 Å². The second-order valence-electron chi connectivity index (χ2n) is 7.74. The van der Waals surface area contributed by atoms with Crippen LogP contribution in [0.4, 0.5) is 0 Å². The third-order valence-electron chi connectivity index (χ3n) is 4.65. The van der Waals surface area contributed by atoms with Crippen LogP contribution in [0.5, 0.6) is 0 Å². The van der Waals surface area contributed by atoms with E-state index in [-0.39, 0.29) is 5.41 Å². The Morgan fingerprint density at radius 3 is 2.33 bits per heavy atom. The summed E-state index contributed by atoms with van der Waals surface area (Å²) >= 11 is 0. The fraction of sp³-hybridized carbons (Fsp3) is 0.700. The van der Waals surface area contributed by atoms with Crippen LogP contribution in [0, 0.1) is 5.92 Å². The van der Waals surface area contributed by atoms with Crippen molar-refractivity contribution in [2.75, 3.05) is 6.54 Å². The number of rotatable bonds is 8. The van der Waals surface area contributed by atoms with E-state index in [0.717, 1.165) is 12.0 Å². The van der Waals surface area contributed by atoms with Gasteiger partial charge in [0.05, 0.1) is 0 Å². The lowest BCUT2D eigenvalue weighted by atomic mass is 9.86. The molecule has 1 aromatic carbocycles. The molecular weight excluding hydrogens is 254 g/mol. The molecule has 21 heavy (non-hydrogen) atoms. The van der Waals surface area contributed by atoms with Gasteiger partial charge in [-0.3, -0.25) is 0 Å². The van der Waals surface area contributed by atoms with E-state index in [1.54, 1.807) is 0 Å². The maximum atomic E-state index is 3.75. The Kier molecular flexibility index (Phi) is 5.87. The Labute approximate surface area is 131 Å². The first-order chi connectivity index (χ1) is 10.0. The number of hydrogen-bond donors (Lipinski definition) is 1. The quantitative estimate of drug-likeness (QED) is 0.702. The van der Waals surface area contributed by atoms with E-state index >= 15 is 0 Å². The van der Waals surface area contributed by atoms with E-state index < -0.39 is 0 Å². The summed E-state index contributed by atoms with van der Waals surface area (Å²) in [6.07, 6.45) is 8.01. The van der Waals surface area contributed by atoms with Crippen LogP contribution in [-0.4, -0.2) is 12.6 Å². The molecule has 0 amide bonds. The van der Waals surface area contributed by atoms with Crippen LogP contribution < -0.4 is 5.32 Å². The molecule has 0 heterocycles. The van der Waals surface area contributed by atoms with E-state index in [4.69, 9.17) is 0 Å². The van der Waals surface area contributed by atoms with Crippen molar-refractivity contribution in [1.29, 1.82) is 0 Å². The molecule has 1 saturated carbocycles. The van der Waals surface area contributed by atoms with Crippen LogP contribution in [-0.2, 0) is 11.8 Å². The summed E-state index contributed by atoms with van der Waals surface area (Å²) in [6, 6.07) is 10.0. The molecule has 0 aliphatic heterocycles. The first-order valence-electron chi connectivity index (χ1n) is 8.83. The molecule has 0 radical (unpaired) electrons. The Morgan fingerprint density at radius 1 is 1.14 bits per heavy atom. The summed E-state index contributed by atoms with van der Waals surface area (Å²) < 4.78 is 0. The highest BCUT2D eigenvalue weighted by Crippen LogP contribution is 2.34. The topological polar surface area (TPSA) is 12.0 Å². The Balaban J connectivity index is 1.77. The van der Waals surface area contributed by atoms with Crippen molar-refractivity contribution in [3.05, 3.63) is 35.4 Å². The average Bonchev–Trinajstić information content (AvgIpc) is 3.26. The van der Waals surface area contributed by atoms with Crippen molar-refractivity contribution >= 4 is 0 Å². The molecule has 0 aromatic heterocycles. The first-order valence-corrected chi connectivity index (χ1v) is 8.83. The lowest BCUT2D eigenvalue weighted by molar-refractivity contribution is 0.425. The minimum atomic E-state index is 0.264. The molecule has 118 valence electrons. The summed E-state index contributed by atoms with van der Waals surface area (Å²) in [7, 11) is 0. The van der Waals surface area contributed by atoms with Crippen LogP contribution in [0.2, 0.25) is 0 Å². The Hall–Kier alpha value is -0.820. The van der Waals surface area contributed by atoms with Gasteiger partial charge < -0.3 is 5.32 Å². The summed E-state index contributed by atoms with van der Waals surface area (Å²) in [5.41, 5.74) is 3.19. The zero-order chi connectivity index (χ0) is 15.3. The second-order valence-corrected chi connectivity index (χ2v) is 7.74. The van der Waals surface area contributed by atoms with Crippen LogP contribution in [0.25, 0.3) is 0 Å². The predicted molar refractivity (Wildman–Crippen MR) is 92.9 cm³/mol. The zero-order valence-electron chi connectivity index (χ0n) is 14.4. The van der Waals surface area contributed by atoms with Gasteiger partial charge in [-0.15, -0.1) is 0 Å². The summed E-state index contributed by atoms with van der Waals surface area (Å²) in [6.45, 7) is 10.3. The van der Waals surface area contributed by atoms with Gasteiger partial charge in [0.15, 0.2) is 0 Å². The third kappa shape index (κ3) is 5.47. The molecule has 1 aliphatic rings. The molecule has 0 spiro atoms. The van der Waals surface area contributed by atoms with Gasteiger partial charge in [-0.05, 0) is 67.5 Å². The average molecular weight is 287 g/mol. The normalized spacial score (nSPS) is 17.0. The largest absolute Gasteiger partial charge is 0.314 e. The smallest absolute Gasteiger partial charge is 0.00954 e. The van der Waals surface area contributed by atoms with E-state index in [1.807, 2.05) is 0 Å². The lowest BCUT2D eigenvalue weighted by Gasteiger charge is -2.20. The monoisotopic (exact) mass is 287 g/mol. The zero-order valence-corrected chi connectivity index (χ0v) is 14.4. The van der Waals surface area contributed by atoms with E-state index in [2.05, 4.69) is 57.3 Å². The predicted octanol–water partition coefficient (Wildman–Crippen LogP) is 5.09. The van der Waals surface area contributed by atoms with Gasteiger partial charge in [-0.1, -0.05) is 52.0 Å². The van der Waals surface area contributed by atoms with Gasteiger partial charge >= 0.3 is 0 Å². The summed E-state index contributed by atoms with van der Waals surface area (Å²) in [4.78, 5) is 0. The number of aryl methyl sites for hydroxylation is 1. The first kappa shape index (κ1) is 16.5. The molecule has 0 bridgehead atoms. The third-order valence-corrected chi connectivity index (χ3v) is 4.65. The molecule has 1 heteroatoms. The van der Waals surface area contributed by atoms with Crippen molar-refractivity contribution in [2.45, 2.75) is 77.7 Å². The molecule has 1 unspecified atom stereocenters. The maximum absolute atomic E-state index is 3.75. The molecule has 2 rings (SSSR count). The lowest BCUT2D eigenvalue weighted by Crippen LogP contribution is -2.31. The Morgan fingerprint density at radius 2 is 1.81 bits per heavy atom. The number of hydrogen-bond acceptors (Lipinski definition) is 1. The molecule has 1 aliphatic carbocycles. The fourth-order valence-corrected chi connectivity index (χ4v) is 3.03. The van der Waals surface area contributed by atoms with Crippen molar-refractivity contribution in [3.8, 4) is 0 Å². The van der Waals surface area contributed by atoms with Crippen LogP contribution in [0.15, 0.2) is 24.3 Å². The van der Waals surface area contributed by atoms with Gasteiger partial charge in [0.1, 0.15) is 0 Å². The molecule has 1 N–H and O–H groups in total.